The highest BCUT2D eigenvalue weighted by Crippen LogP contribution is 2.36. The zero-order chi connectivity index (χ0) is 17.7. The van der Waals surface area contributed by atoms with E-state index in [4.69, 9.17) is 33.3 Å². The molecule has 0 fully saturated rings. The zero-order valence-electron chi connectivity index (χ0n) is 14.1. The van der Waals surface area contributed by atoms with Crippen molar-refractivity contribution in [2.45, 2.75) is 19.8 Å². The van der Waals surface area contributed by atoms with Crippen molar-refractivity contribution >= 4 is 40.3 Å². The first-order valence-electron chi connectivity index (χ1n) is 7.54. The van der Waals surface area contributed by atoms with Gasteiger partial charge in [0.2, 0.25) is 0 Å². The Bertz CT molecular complexity index is 735. The van der Waals surface area contributed by atoms with Gasteiger partial charge in [-0.05, 0) is 41.9 Å². The number of benzene rings is 2. The van der Waals surface area contributed by atoms with Crippen molar-refractivity contribution in [3.8, 4) is 11.5 Å². The first-order chi connectivity index (χ1) is 11.4. The largest absolute Gasteiger partial charge is 0.495 e. The first kappa shape index (κ1) is 18.4. The standard InChI is InChI=1S/C18H21ClN2O2S/c1-11(2)12-6-5-7-13(8-12)20-18(24)21-15-9-14(19)16(22-3)10-17(15)23-4/h5-11H,1-4H3,(H2,20,21,24). The minimum atomic E-state index is 0.453. The molecule has 6 heteroatoms. The number of rotatable bonds is 5. The summed E-state index contributed by atoms with van der Waals surface area (Å²) >= 11 is 11.6. The van der Waals surface area contributed by atoms with E-state index in [9.17, 15) is 0 Å². The molecule has 2 rings (SSSR count). The Morgan fingerprint density at radius 2 is 1.75 bits per heavy atom. The van der Waals surface area contributed by atoms with Crippen LogP contribution in [0.2, 0.25) is 5.02 Å². The van der Waals surface area contributed by atoms with Gasteiger partial charge in [-0.15, -0.1) is 0 Å². The van der Waals surface area contributed by atoms with Crippen LogP contribution in [0.25, 0.3) is 0 Å². The molecule has 0 aromatic heterocycles. The van der Waals surface area contributed by atoms with Crippen LogP contribution in [-0.2, 0) is 0 Å². The molecule has 0 heterocycles. The summed E-state index contributed by atoms with van der Waals surface area (Å²) in [4.78, 5) is 0. The molecular formula is C18H21ClN2O2S. The lowest BCUT2D eigenvalue weighted by molar-refractivity contribution is 0.396. The summed E-state index contributed by atoms with van der Waals surface area (Å²) < 4.78 is 10.5. The number of anilines is 2. The molecule has 128 valence electrons. The maximum atomic E-state index is 6.17. The number of halogens is 1. The highest BCUT2D eigenvalue weighted by Gasteiger charge is 2.11. The van der Waals surface area contributed by atoms with Gasteiger partial charge in [0.05, 0.1) is 24.9 Å². The van der Waals surface area contributed by atoms with E-state index in [0.29, 0.717) is 33.2 Å². The Hall–Kier alpha value is -1.98. The van der Waals surface area contributed by atoms with Crippen molar-refractivity contribution in [3.63, 3.8) is 0 Å². The Kier molecular flexibility index (Phi) is 6.29. The number of hydrogen-bond acceptors (Lipinski definition) is 3. The minimum Gasteiger partial charge on any atom is -0.495 e. The molecule has 2 aromatic carbocycles. The molecule has 0 spiro atoms. The van der Waals surface area contributed by atoms with E-state index in [0.717, 1.165) is 5.69 Å². The van der Waals surface area contributed by atoms with Crippen molar-refractivity contribution in [2.75, 3.05) is 24.9 Å². The van der Waals surface area contributed by atoms with Crippen LogP contribution in [0.1, 0.15) is 25.3 Å². The quantitative estimate of drug-likeness (QED) is 0.705. The Balaban J connectivity index is 2.15. The molecule has 0 radical (unpaired) electrons. The number of nitrogens with one attached hydrogen (secondary N) is 2. The third kappa shape index (κ3) is 4.52. The van der Waals surface area contributed by atoms with Crippen LogP contribution >= 0.6 is 23.8 Å². The third-order valence-electron chi connectivity index (χ3n) is 3.53. The lowest BCUT2D eigenvalue weighted by atomic mass is 10.0. The average Bonchev–Trinajstić information content (AvgIpc) is 2.55. The maximum Gasteiger partial charge on any atom is 0.175 e. The van der Waals surface area contributed by atoms with E-state index < -0.39 is 0 Å². The monoisotopic (exact) mass is 364 g/mol. The molecule has 2 N–H and O–H groups in total. The van der Waals surface area contributed by atoms with E-state index in [1.807, 2.05) is 12.1 Å². The molecular weight excluding hydrogens is 344 g/mol. The Labute approximate surface area is 153 Å². The molecule has 0 saturated carbocycles. The normalized spacial score (nSPS) is 10.4. The molecule has 0 amide bonds. The highest BCUT2D eigenvalue weighted by molar-refractivity contribution is 7.80. The van der Waals surface area contributed by atoms with Crippen molar-refractivity contribution in [1.82, 2.24) is 0 Å². The van der Waals surface area contributed by atoms with Crippen LogP contribution in [0, 0.1) is 0 Å². The van der Waals surface area contributed by atoms with Crippen LogP contribution in [0.4, 0.5) is 11.4 Å². The second-order valence-corrected chi connectivity index (χ2v) is 6.36. The summed E-state index contributed by atoms with van der Waals surface area (Å²) in [6, 6.07) is 11.6. The fraction of sp³-hybridized carbons (Fsp3) is 0.278. The molecule has 4 nitrogen and oxygen atoms in total. The van der Waals surface area contributed by atoms with Crippen molar-refractivity contribution in [3.05, 3.63) is 47.0 Å². The summed E-state index contributed by atoms with van der Waals surface area (Å²) in [5, 5.41) is 7.21. The summed E-state index contributed by atoms with van der Waals surface area (Å²) in [5.41, 5.74) is 2.84. The van der Waals surface area contributed by atoms with E-state index in [-0.39, 0.29) is 0 Å². The zero-order valence-corrected chi connectivity index (χ0v) is 15.7. The van der Waals surface area contributed by atoms with Gasteiger partial charge >= 0.3 is 0 Å². The number of thiocarbonyl (C=S) groups is 1. The molecule has 0 aliphatic rings. The van der Waals surface area contributed by atoms with Gasteiger partial charge in [0.15, 0.2) is 5.11 Å². The van der Waals surface area contributed by atoms with Crippen LogP contribution in [0.5, 0.6) is 11.5 Å². The molecule has 0 aliphatic carbocycles. The number of ether oxygens (including phenoxy) is 2. The van der Waals surface area contributed by atoms with Crippen LogP contribution in [0.15, 0.2) is 36.4 Å². The second-order valence-electron chi connectivity index (χ2n) is 5.55. The first-order valence-corrected chi connectivity index (χ1v) is 8.32. The van der Waals surface area contributed by atoms with Crippen molar-refractivity contribution < 1.29 is 9.47 Å². The predicted octanol–water partition coefficient (Wildman–Crippen LogP) is 5.29. The molecule has 2 aromatic rings. The highest BCUT2D eigenvalue weighted by atomic mass is 35.5. The van der Waals surface area contributed by atoms with Crippen LogP contribution < -0.4 is 20.1 Å². The molecule has 0 aliphatic heterocycles. The maximum absolute atomic E-state index is 6.17. The summed E-state index contributed by atoms with van der Waals surface area (Å²) in [6.07, 6.45) is 0. The summed E-state index contributed by atoms with van der Waals surface area (Å²) in [5.74, 6) is 1.59. The van der Waals surface area contributed by atoms with Gasteiger partial charge < -0.3 is 20.1 Å². The Morgan fingerprint density at radius 1 is 1.04 bits per heavy atom. The molecule has 0 atom stereocenters. The van der Waals surface area contributed by atoms with E-state index in [2.05, 4.69) is 36.6 Å². The van der Waals surface area contributed by atoms with Crippen molar-refractivity contribution in [2.24, 2.45) is 0 Å². The third-order valence-corrected chi connectivity index (χ3v) is 4.03. The van der Waals surface area contributed by atoms with E-state index in [1.54, 1.807) is 26.4 Å². The molecule has 0 bridgehead atoms. The molecule has 0 unspecified atom stereocenters. The van der Waals surface area contributed by atoms with Gasteiger partial charge in [-0.2, -0.15) is 0 Å². The fourth-order valence-corrected chi connectivity index (χ4v) is 2.69. The fourth-order valence-electron chi connectivity index (χ4n) is 2.22. The molecule has 24 heavy (non-hydrogen) atoms. The predicted molar refractivity (Wildman–Crippen MR) is 105 cm³/mol. The molecule has 0 saturated heterocycles. The van der Waals surface area contributed by atoms with Gasteiger partial charge in [0.1, 0.15) is 11.5 Å². The SMILES string of the molecule is COc1cc(OC)c(NC(=S)Nc2cccc(C(C)C)c2)cc1Cl. The van der Waals surface area contributed by atoms with Gasteiger partial charge in [-0.1, -0.05) is 37.6 Å². The smallest absolute Gasteiger partial charge is 0.175 e. The van der Waals surface area contributed by atoms with Gasteiger partial charge in [-0.25, -0.2) is 0 Å². The second kappa shape index (κ2) is 8.22. The number of methoxy groups -OCH3 is 2. The van der Waals surface area contributed by atoms with Gasteiger partial charge in [0.25, 0.3) is 0 Å². The van der Waals surface area contributed by atoms with Gasteiger partial charge in [-0.3, -0.25) is 0 Å². The van der Waals surface area contributed by atoms with E-state index >= 15 is 0 Å². The van der Waals surface area contributed by atoms with Crippen LogP contribution in [-0.4, -0.2) is 19.3 Å². The van der Waals surface area contributed by atoms with Gasteiger partial charge in [0, 0.05) is 11.8 Å². The lowest BCUT2D eigenvalue weighted by Gasteiger charge is -2.16. The van der Waals surface area contributed by atoms with E-state index in [1.165, 1.54) is 5.56 Å². The van der Waals surface area contributed by atoms with Crippen LogP contribution in [0.3, 0.4) is 0 Å². The van der Waals surface area contributed by atoms with Crippen molar-refractivity contribution in [1.29, 1.82) is 0 Å². The average molecular weight is 365 g/mol. The lowest BCUT2D eigenvalue weighted by Crippen LogP contribution is -2.19. The Morgan fingerprint density at radius 3 is 2.38 bits per heavy atom. The number of hydrogen-bond donors (Lipinski definition) is 2. The minimum absolute atomic E-state index is 0.453. The summed E-state index contributed by atoms with van der Waals surface area (Å²) in [6.45, 7) is 4.31. The summed E-state index contributed by atoms with van der Waals surface area (Å²) in [7, 11) is 3.14. The topological polar surface area (TPSA) is 42.5 Å².